The normalized spacial score (nSPS) is 12.0. The Bertz CT molecular complexity index is 635. The molecular formula is C10H7ClF3NO3S. The second-order valence-electron chi connectivity index (χ2n) is 3.41. The molecule has 0 unspecified atom stereocenters. The summed E-state index contributed by atoms with van der Waals surface area (Å²) in [5, 5.41) is 8.76. The highest BCUT2D eigenvalue weighted by Crippen LogP contribution is 2.32. The third-order valence-electron chi connectivity index (χ3n) is 2.15. The Labute approximate surface area is 111 Å². The molecule has 9 heteroatoms. The molecule has 104 valence electrons. The van der Waals surface area contributed by atoms with E-state index in [1.807, 2.05) is 0 Å². The lowest BCUT2D eigenvalue weighted by atomic mass is 10.1. The first-order valence-corrected chi connectivity index (χ1v) is 7.17. The SMILES string of the molecule is CCc1cc(S(=O)(=O)Cl)c(C#N)cc1OC(F)(F)F. The first kappa shape index (κ1) is 15.6. The maximum Gasteiger partial charge on any atom is 0.573 e. The third kappa shape index (κ3) is 4.01. The first-order valence-electron chi connectivity index (χ1n) is 4.86. The molecule has 0 amide bonds. The van der Waals surface area contributed by atoms with Gasteiger partial charge in [-0.1, -0.05) is 6.92 Å². The van der Waals surface area contributed by atoms with Crippen LogP contribution in [0, 0.1) is 11.3 Å². The smallest absolute Gasteiger partial charge is 0.405 e. The summed E-state index contributed by atoms with van der Waals surface area (Å²) < 4.78 is 62.7. The average molecular weight is 314 g/mol. The first-order chi connectivity index (χ1) is 8.58. The molecule has 0 heterocycles. The Hall–Kier alpha value is -1.46. The van der Waals surface area contributed by atoms with Crippen LogP contribution in [0.4, 0.5) is 13.2 Å². The van der Waals surface area contributed by atoms with Crippen LogP contribution in [0.15, 0.2) is 17.0 Å². The van der Waals surface area contributed by atoms with E-state index in [1.165, 1.54) is 13.0 Å². The molecule has 0 saturated carbocycles. The van der Waals surface area contributed by atoms with Crippen molar-refractivity contribution in [3.8, 4) is 11.8 Å². The highest BCUT2D eigenvalue weighted by Gasteiger charge is 2.33. The van der Waals surface area contributed by atoms with Crippen LogP contribution in [0.1, 0.15) is 18.1 Å². The maximum absolute atomic E-state index is 12.2. The third-order valence-corrected chi connectivity index (χ3v) is 3.51. The van der Waals surface area contributed by atoms with Gasteiger partial charge in [0.15, 0.2) is 0 Å². The van der Waals surface area contributed by atoms with E-state index in [9.17, 15) is 21.6 Å². The molecule has 1 aromatic carbocycles. The van der Waals surface area contributed by atoms with Crippen molar-refractivity contribution in [3.63, 3.8) is 0 Å². The lowest BCUT2D eigenvalue weighted by molar-refractivity contribution is -0.274. The van der Waals surface area contributed by atoms with Crippen molar-refractivity contribution in [2.75, 3.05) is 0 Å². The summed E-state index contributed by atoms with van der Waals surface area (Å²) in [6.45, 7) is 1.51. The summed E-state index contributed by atoms with van der Waals surface area (Å²) in [6, 6.07) is 3.08. The van der Waals surface area contributed by atoms with Crippen molar-refractivity contribution in [1.82, 2.24) is 0 Å². The molecule has 0 aliphatic rings. The van der Waals surface area contributed by atoms with Crippen LogP contribution in [-0.2, 0) is 15.5 Å². The minimum absolute atomic E-state index is 0.0180. The van der Waals surface area contributed by atoms with E-state index in [1.54, 1.807) is 0 Å². The Kier molecular flexibility index (Phi) is 4.32. The zero-order valence-corrected chi connectivity index (χ0v) is 11.0. The number of ether oxygens (including phenoxy) is 1. The summed E-state index contributed by atoms with van der Waals surface area (Å²) >= 11 is 0. The van der Waals surface area contributed by atoms with E-state index in [-0.39, 0.29) is 12.0 Å². The number of alkyl halides is 3. The summed E-state index contributed by atoms with van der Waals surface area (Å²) in [4.78, 5) is -0.539. The molecule has 0 N–H and O–H groups in total. The largest absolute Gasteiger partial charge is 0.573 e. The van der Waals surface area contributed by atoms with E-state index in [0.717, 1.165) is 6.07 Å². The van der Waals surface area contributed by atoms with Gasteiger partial charge in [0.1, 0.15) is 16.7 Å². The van der Waals surface area contributed by atoms with Gasteiger partial charge in [-0.2, -0.15) is 5.26 Å². The molecule has 19 heavy (non-hydrogen) atoms. The van der Waals surface area contributed by atoms with E-state index in [2.05, 4.69) is 4.74 Å². The van der Waals surface area contributed by atoms with Crippen LogP contribution in [0.25, 0.3) is 0 Å². The number of hydrogen-bond acceptors (Lipinski definition) is 4. The molecule has 4 nitrogen and oxygen atoms in total. The van der Waals surface area contributed by atoms with Gasteiger partial charge >= 0.3 is 6.36 Å². The van der Waals surface area contributed by atoms with Gasteiger partial charge in [0.2, 0.25) is 0 Å². The van der Waals surface area contributed by atoms with Gasteiger partial charge in [-0.25, -0.2) is 8.42 Å². The quantitative estimate of drug-likeness (QED) is 0.805. The lowest BCUT2D eigenvalue weighted by Gasteiger charge is -2.14. The second kappa shape index (κ2) is 5.27. The minimum atomic E-state index is -4.93. The Balaban J connectivity index is 3.50. The fourth-order valence-electron chi connectivity index (χ4n) is 1.39. The summed E-state index contributed by atoms with van der Waals surface area (Å²) in [5.41, 5.74) is -0.526. The molecule has 0 aliphatic carbocycles. The topological polar surface area (TPSA) is 67.2 Å². The number of benzene rings is 1. The van der Waals surface area contributed by atoms with Gasteiger partial charge in [0.05, 0.1) is 5.56 Å². The molecule has 0 saturated heterocycles. The Morgan fingerprint density at radius 2 is 2.00 bits per heavy atom. The molecule has 0 fully saturated rings. The number of hydrogen-bond donors (Lipinski definition) is 0. The molecule has 0 bridgehead atoms. The van der Waals surface area contributed by atoms with Crippen molar-refractivity contribution in [2.45, 2.75) is 24.6 Å². The molecule has 0 aliphatic heterocycles. The molecular weight excluding hydrogens is 307 g/mol. The van der Waals surface area contributed by atoms with Gasteiger partial charge in [-0.15, -0.1) is 13.2 Å². The maximum atomic E-state index is 12.2. The highest BCUT2D eigenvalue weighted by molar-refractivity contribution is 8.13. The van der Waals surface area contributed by atoms with Crippen LogP contribution in [0.3, 0.4) is 0 Å². The van der Waals surface area contributed by atoms with Crippen molar-refractivity contribution in [1.29, 1.82) is 5.26 Å². The van der Waals surface area contributed by atoms with Gasteiger partial charge in [0.25, 0.3) is 9.05 Å². The van der Waals surface area contributed by atoms with Crippen molar-refractivity contribution < 1.29 is 26.3 Å². The molecule has 0 atom stereocenters. The average Bonchev–Trinajstić information content (AvgIpc) is 2.24. The van der Waals surface area contributed by atoms with Crippen LogP contribution >= 0.6 is 10.7 Å². The summed E-state index contributed by atoms with van der Waals surface area (Å²) in [6.07, 6.45) is -4.85. The fourth-order valence-corrected chi connectivity index (χ4v) is 2.42. The molecule has 1 rings (SSSR count). The zero-order valence-electron chi connectivity index (χ0n) is 9.45. The van der Waals surface area contributed by atoms with Crippen molar-refractivity contribution in [3.05, 3.63) is 23.3 Å². The molecule has 0 spiro atoms. The van der Waals surface area contributed by atoms with Crippen LogP contribution in [-0.4, -0.2) is 14.8 Å². The van der Waals surface area contributed by atoms with Crippen molar-refractivity contribution in [2.24, 2.45) is 0 Å². The highest BCUT2D eigenvalue weighted by atomic mass is 35.7. The number of nitriles is 1. The van der Waals surface area contributed by atoms with Crippen LogP contribution in [0.2, 0.25) is 0 Å². The predicted molar refractivity (Wildman–Crippen MR) is 60.3 cm³/mol. The van der Waals surface area contributed by atoms with E-state index >= 15 is 0 Å². The van der Waals surface area contributed by atoms with Crippen LogP contribution in [0.5, 0.6) is 5.75 Å². The monoisotopic (exact) mass is 313 g/mol. The Morgan fingerprint density at radius 3 is 2.37 bits per heavy atom. The number of halogens is 4. The minimum Gasteiger partial charge on any atom is -0.405 e. The Morgan fingerprint density at radius 1 is 1.42 bits per heavy atom. The molecule has 1 aromatic rings. The number of aryl methyl sites for hydroxylation is 1. The van der Waals surface area contributed by atoms with Gasteiger partial charge in [0, 0.05) is 10.7 Å². The van der Waals surface area contributed by atoms with E-state index in [4.69, 9.17) is 15.9 Å². The fraction of sp³-hybridized carbons (Fsp3) is 0.300. The van der Waals surface area contributed by atoms with Gasteiger partial charge in [-0.3, -0.25) is 0 Å². The van der Waals surface area contributed by atoms with E-state index < -0.39 is 31.6 Å². The lowest BCUT2D eigenvalue weighted by Crippen LogP contribution is -2.18. The van der Waals surface area contributed by atoms with Crippen LogP contribution < -0.4 is 4.74 Å². The standard InChI is InChI=1S/C10H7ClF3NO3S/c1-2-6-4-9(19(11,16)17)7(5-15)3-8(6)18-10(12,13)14/h3-4H,2H2,1H3. The zero-order chi connectivity index (χ0) is 14.8. The van der Waals surface area contributed by atoms with Gasteiger partial charge < -0.3 is 4.74 Å². The number of rotatable bonds is 3. The van der Waals surface area contributed by atoms with Crippen molar-refractivity contribution >= 4 is 19.7 Å². The number of nitrogens with zero attached hydrogens (tertiary/aromatic N) is 1. The second-order valence-corrected chi connectivity index (χ2v) is 5.94. The summed E-state index contributed by atoms with van der Waals surface area (Å²) in [5.74, 6) is -0.615. The molecule has 0 radical (unpaired) electrons. The predicted octanol–water partition coefficient (Wildman–Crippen LogP) is 2.95. The summed E-state index contributed by atoms with van der Waals surface area (Å²) in [7, 11) is 0.889. The van der Waals surface area contributed by atoms with Gasteiger partial charge in [-0.05, 0) is 24.1 Å². The van der Waals surface area contributed by atoms with E-state index in [0.29, 0.717) is 6.07 Å². The molecule has 0 aromatic heterocycles.